The van der Waals surface area contributed by atoms with Gasteiger partial charge in [-0.15, -0.1) is 0 Å². The van der Waals surface area contributed by atoms with Crippen molar-refractivity contribution < 1.29 is 4.79 Å². The van der Waals surface area contributed by atoms with Crippen molar-refractivity contribution in [1.29, 1.82) is 5.26 Å². The zero-order valence-electron chi connectivity index (χ0n) is 18.4. The van der Waals surface area contributed by atoms with Gasteiger partial charge < -0.3 is 5.32 Å². The minimum atomic E-state index is -0.0999. The summed E-state index contributed by atoms with van der Waals surface area (Å²) in [7, 11) is 0. The Bertz CT molecular complexity index is 1140. The van der Waals surface area contributed by atoms with Crippen molar-refractivity contribution in [3.8, 4) is 17.2 Å². The Morgan fingerprint density at radius 2 is 1.81 bits per heavy atom. The third kappa shape index (κ3) is 4.44. The fraction of sp³-hybridized carbons (Fsp3) is 0.385. The number of carbonyl (C=O) groups is 1. The number of fused-ring (bicyclic) bond motifs is 1. The molecular weight excluding hydrogens is 384 g/mol. The average molecular weight is 413 g/mol. The van der Waals surface area contributed by atoms with E-state index in [-0.39, 0.29) is 11.7 Å². The number of pyridine rings is 2. The topological polar surface area (TPSA) is 78.7 Å². The number of Topliss-reactive ketones (excluding diaryl/α,β-unsaturated/α-hetero) is 1. The van der Waals surface area contributed by atoms with E-state index in [9.17, 15) is 4.79 Å². The molecule has 0 radical (unpaired) electrons. The van der Waals surface area contributed by atoms with E-state index in [0.717, 1.165) is 46.5 Å². The Balaban J connectivity index is 1.81. The number of nitrogens with zero attached hydrogens (tertiary/aromatic N) is 3. The number of nitrogens with one attached hydrogen (secondary N) is 1. The first kappa shape index (κ1) is 21.0. The lowest BCUT2D eigenvalue weighted by molar-refractivity contribution is 0.0940. The second-order valence-corrected chi connectivity index (χ2v) is 8.94. The molecule has 1 aromatic carbocycles. The molecule has 0 aliphatic heterocycles. The quantitative estimate of drug-likeness (QED) is 0.520. The number of ketones is 1. The maximum atomic E-state index is 13.0. The molecule has 158 valence electrons. The molecule has 0 saturated heterocycles. The molecule has 2 heterocycles. The predicted octanol–water partition coefficient (Wildman–Crippen LogP) is 6.00. The number of rotatable bonds is 5. The molecule has 0 unspecified atom stereocenters. The molecule has 0 amide bonds. The first-order valence-electron chi connectivity index (χ1n) is 11.1. The SMILES string of the molecule is CC(C)C(=O)c1cnc2ccc(-c3ccc(C#N)nc3)cc2c1N[C@H]1CC[C@H](C)CC1. The first-order chi connectivity index (χ1) is 15.0. The molecule has 4 rings (SSSR count). The largest absolute Gasteiger partial charge is 0.381 e. The van der Waals surface area contributed by atoms with Crippen molar-refractivity contribution in [1.82, 2.24) is 9.97 Å². The van der Waals surface area contributed by atoms with Crippen molar-refractivity contribution in [3.05, 3.63) is 54.0 Å². The molecule has 3 aromatic rings. The van der Waals surface area contributed by atoms with Gasteiger partial charge in [-0.05, 0) is 61.4 Å². The summed E-state index contributed by atoms with van der Waals surface area (Å²) in [6.07, 6.45) is 8.07. The number of carbonyl (C=O) groups excluding carboxylic acids is 1. The van der Waals surface area contributed by atoms with Gasteiger partial charge in [-0.25, -0.2) is 4.98 Å². The van der Waals surface area contributed by atoms with Crippen molar-refractivity contribution in [3.63, 3.8) is 0 Å². The third-order valence-corrected chi connectivity index (χ3v) is 6.23. The summed E-state index contributed by atoms with van der Waals surface area (Å²) < 4.78 is 0. The van der Waals surface area contributed by atoms with Crippen LogP contribution in [0.5, 0.6) is 0 Å². The number of anilines is 1. The van der Waals surface area contributed by atoms with Gasteiger partial charge in [0.15, 0.2) is 5.78 Å². The molecule has 0 spiro atoms. The maximum Gasteiger partial charge on any atom is 0.169 e. The Morgan fingerprint density at radius 3 is 2.45 bits per heavy atom. The zero-order valence-corrected chi connectivity index (χ0v) is 18.4. The van der Waals surface area contributed by atoms with Gasteiger partial charge in [-0.1, -0.05) is 26.8 Å². The van der Waals surface area contributed by atoms with Gasteiger partial charge >= 0.3 is 0 Å². The van der Waals surface area contributed by atoms with Crippen LogP contribution < -0.4 is 5.32 Å². The van der Waals surface area contributed by atoms with E-state index < -0.39 is 0 Å². The molecule has 5 nitrogen and oxygen atoms in total. The van der Waals surface area contributed by atoms with Crippen LogP contribution in [0, 0.1) is 23.2 Å². The lowest BCUT2D eigenvalue weighted by Crippen LogP contribution is -2.26. The number of hydrogen-bond acceptors (Lipinski definition) is 5. The average Bonchev–Trinajstić information content (AvgIpc) is 2.80. The highest BCUT2D eigenvalue weighted by Gasteiger charge is 2.23. The highest BCUT2D eigenvalue weighted by molar-refractivity contribution is 6.09. The molecule has 1 fully saturated rings. The highest BCUT2D eigenvalue weighted by atomic mass is 16.1. The predicted molar refractivity (Wildman–Crippen MR) is 124 cm³/mol. The van der Waals surface area contributed by atoms with E-state index in [1.807, 2.05) is 32.0 Å². The molecule has 1 aliphatic carbocycles. The number of hydrogen-bond donors (Lipinski definition) is 1. The van der Waals surface area contributed by atoms with Crippen LogP contribution in [0.15, 0.2) is 42.7 Å². The third-order valence-electron chi connectivity index (χ3n) is 6.23. The van der Waals surface area contributed by atoms with E-state index in [2.05, 4.69) is 34.3 Å². The number of aromatic nitrogens is 2. The molecule has 2 aromatic heterocycles. The second-order valence-electron chi connectivity index (χ2n) is 8.94. The van der Waals surface area contributed by atoms with E-state index in [4.69, 9.17) is 5.26 Å². The van der Waals surface area contributed by atoms with Gasteiger partial charge in [-0.3, -0.25) is 9.78 Å². The number of benzene rings is 1. The molecule has 1 N–H and O–H groups in total. The normalized spacial score (nSPS) is 18.7. The highest BCUT2D eigenvalue weighted by Crippen LogP contribution is 2.34. The van der Waals surface area contributed by atoms with Crippen LogP contribution in [0.3, 0.4) is 0 Å². The maximum absolute atomic E-state index is 13.0. The molecule has 31 heavy (non-hydrogen) atoms. The molecule has 5 heteroatoms. The molecule has 0 atom stereocenters. The van der Waals surface area contributed by atoms with E-state index in [1.165, 1.54) is 12.8 Å². The smallest absolute Gasteiger partial charge is 0.169 e. The van der Waals surface area contributed by atoms with Crippen molar-refractivity contribution in [2.45, 2.75) is 52.5 Å². The van der Waals surface area contributed by atoms with Crippen LogP contribution in [0.4, 0.5) is 5.69 Å². The number of nitriles is 1. The van der Waals surface area contributed by atoms with Gasteiger partial charge in [0.1, 0.15) is 11.8 Å². The van der Waals surface area contributed by atoms with Crippen molar-refractivity contribution >= 4 is 22.4 Å². The second kappa shape index (κ2) is 8.85. The van der Waals surface area contributed by atoms with Crippen LogP contribution in [0.1, 0.15) is 62.5 Å². The Kier molecular flexibility index (Phi) is 5.99. The summed E-state index contributed by atoms with van der Waals surface area (Å²) in [5.41, 5.74) is 4.73. The lowest BCUT2D eigenvalue weighted by Gasteiger charge is -2.29. The summed E-state index contributed by atoms with van der Waals surface area (Å²) in [6, 6.07) is 12.1. The monoisotopic (exact) mass is 412 g/mol. The van der Waals surface area contributed by atoms with Gasteiger partial charge in [0.05, 0.1) is 16.8 Å². The van der Waals surface area contributed by atoms with Gasteiger partial charge in [0.25, 0.3) is 0 Å². The van der Waals surface area contributed by atoms with E-state index >= 15 is 0 Å². The Morgan fingerprint density at radius 1 is 1.06 bits per heavy atom. The van der Waals surface area contributed by atoms with E-state index in [0.29, 0.717) is 17.3 Å². The van der Waals surface area contributed by atoms with E-state index in [1.54, 1.807) is 18.5 Å². The van der Waals surface area contributed by atoms with Crippen LogP contribution >= 0.6 is 0 Å². The van der Waals surface area contributed by atoms with Crippen LogP contribution in [0.25, 0.3) is 22.0 Å². The van der Waals surface area contributed by atoms with Crippen molar-refractivity contribution in [2.24, 2.45) is 11.8 Å². The fourth-order valence-electron chi connectivity index (χ4n) is 4.26. The van der Waals surface area contributed by atoms with Gasteiger partial charge in [0.2, 0.25) is 0 Å². The summed E-state index contributed by atoms with van der Waals surface area (Å²) in [6.45, 7) is 6.17. The zero-order chi connectivity index (χ0) is 22.0. The molecular formula is C26H28N4O. The molecule has 0 bridgehead atoms. The van der Waals surface area contributed by atoms with Gasteiger partial charge in [-0.2, -0.15) is 5.26 Å². The fourth-order valence-corrected chi connectivity index (χ4v) is 4.26. The summed E-state index contributed by atoms with van der Waals surface area (Å²) in [5, 5.41) is 13.7. The van der Waals surface area contributed by atoms with Crippen LogP contribution in [-0.4, -0.2) is 21.8 Å². The van der Waals surface area contributed by atoms with Crippen molar-refractivity contribution in [2.75, 3.05) is 5.32 Å². The van der Waals surface area contributed by atoms with Crippen LogP contribution in [0.2, 0.25) is 0 Å². The Labute approximate surface area is 183 Å². The summed E-state index contributed by atoms with van der Waals surface area (Å²) in [4.78, 5) is 21.8. The van der Waals surface area contributed by atoms with Gasteiger partial charge in [0, 0.05) is 35.3 Å². The standard InChI is InChI=1S/C26H28N4O/c1-16(2)26(31)23-15-29-24-11-7-18(19-6-10-21(13-27)28-14-19)12-22(24)25(23)30-20-8-4-17(3)5-9-20/h6-7,10-12,14-17,20H,4-5,8-9H2,1-3H3,(H,29,30)/t17-,20-. The first-order valence-corrected chi connectivity index (χ1v) is 11.1. The minimum absolute atomic E-state index is 0.0999. The Hall–Kier alpha value is -3.26. The molecule has 1 saturated carbocycles. The summed E-state index contributed by atoms with van der Waals surface area (Å²) >= 11 is 0. The molecule has 1 aliphatic rings. The van der Waals surface area contributed by atoms with Crippen LogP contribution in [-0.2, 0) is 0 Å². The lowest BCUT2D eigenvalue weighted by atomic mass is 9.87. The summed E-state index contributed by atoms with van der Waals surface area (Å²) in [5.74, 6) is 0.767. The minimum Gasteiger partial charge on any atom is -0.381 e.